The summed E-state index contributed by atoms with van der Waals surface area (Å²) in [5.41, 5.74) is 6.53. The van der Waals surface area contributed by atoms with E-state index in [4.69, 9.17) is 19.9 Å². The van der Waals surface area contributed by atoms with Crippen LogP contribution in [0.3, 0.4) is 0 Å². The van der Waals surface area contributed by atoms with Gasteiger partial charge in [-0.3, -0.25) is 14.4 Å². The van der Waals surface area contributed by atoms with Crippen molar-refractivity contribution in [3.05, 3.63) is 103 Å². The average Bonchev–Trinajstić information content (AvgIpc) is 3.72. The van der Waals surface area contributed by atoms with Crippen molar-refractivity contribution in [1.29, 1.82) is 0 Å². The molecule has 5 N–H and O–H groups in total. The summed E-state index contributed by atoms with van der Waals surface area (Å²) in [7, 11) is 0. The first-order valence-electron chi connectivity index (χ1n) is 15.5. The SMILES string of the molecule is C=CCOc1c(C(=O)Nc2ccc(C(=O)OC(C)(C)C)cc2)ccc(NC(=O)c2ccc(NC(=O)[C@]3(N)C[C@@H]3C=C)cc2)c1OC(C)C. The van der Waals surface area contributed by atoms with Crippen LogP contribution in [0.5, 0.6) is 11.5 Å². The number of benzene rings is 3. The molecule has 0 aliphatic heterocycles. The van der Waals surface area contributed by atoms with Crippen LogP contribution in [0.1, 0.15) is 72.1 Å². The Morgan fingerprint density at radius 3 is 2.02 bits per heavy atom. The number of nitrogens with one attached hydrogen (secondary N) is 3. The molecule has 252 valence electrons. The van der Waals surface area contributed by atoms with E-state index in [0.717, 1.165) is 0 Å². The van der Waals surface area contributed by atoms with Crippen molar-refractivity contribution in [1.82, 2.24) is 0 Å². The lowest BCUT2D eigenvalue weighted by atomic mass is 10.1. The van der Waals surface area contributed by atoms with E-state index in [1.807, 2.05) is 0 Å². The highest BCUT2D eigenvalue weighted by molar-refractivity contribution is 6.10. The molecule has 11 nitrogen and oxygen atoms in total. The molecule has 0 unspecified atom stereocenters. The van der Waals surface area contributed by atoms with Crippen LogP contribution in [0.15, 0.2) is 86.0 Å². The Kier molecular flexibility index (Phi) is 10.7. The fourth-order valence-corrected chi connectivity index (χ4v) is 4.71. The van der Waals surface area contributed by atoms with E-state index < -0.39 is 28.9 Å². The van der Waals surface area contributed by atoms with Crippen LogP contribution < -0.4 is 31.2 Å². The number of hydrogen-bond acceptors (Lipinski definition) is 8. The fraction of sp³-hybridized carbons (Fsp3) is 0.297. The molecule has 48 heavy (non-hydrogen) atoms. The van der Waals surface area contributed by atoms with Gasteiger partial charge in [-0.05, 0) is 102 Å². The highest BCUT2D eigenvalue weighted by Crippen LogP contribution is 2.43. The second kappa shape index (κ2) is 14.6. The Labute approximate surface area is 280 Å². The third kappa shape index (κ3) is 8.68. The van der Waals surface area contributed by atoms with Gasteiger partial charge in [-0.1, -0.05) is 18.7 Å². The third-order valence-electron chi connectivity index (χ3n) is 7.25. The molecule has 11 heteroatoms. The summed E-state index contributed by atoms with van der Waals surface area (Å²) in [5.74, 6) is -1.55. The van der Waals surface area contributed by atoms with Gasteiger partial charge in [0.1, 0.15) is 17.7 Å². The summed E-state index contributed by atoms with van der Waals surface area (Å²) in [6.07, 6.45) is 3.39. The minimum atomic E-state index is -0.967. The molecule has 1 fully saturated rings. The van der Waals surface area contributed by atoms with Crippen LogP contribution in [0, 0.1) is 5.92 Å². The van der Waals surface area contributed by atoms with Crippen molar-refractivity contribution in [2.75, 3.05) is 22.6 Å². The van der Waals surface area contributed by atoms with Crippen LogP contribution in [0.25, 0.3) is 0 Å². The number of carbonyl (C=O) groups is 4. The van der Waals surface area contributed by atoms with E-state index in [1.165, 1.54) is 12.1 Å². The van der Waals surface area contributed by atoms with Crippen molar-refractivity contribution in [2.45, 2.75) is 58.3 Å². The second-order valence-electron chi connectivity index (χ2n) is 12.7. The quantitative estimate of drug-likeness (QED) is 0.123. The predicted octanol–water partition coefficient (Wildman–Crippen LogP) is 6.34. The summed E-state index contributed by atoms with van der Waals surface area (Å²) < 4.78 is 17.4. The number of esters is 1. The van der Waals surface area contributed by atoms with Crippen molar-refractivity contribution < 1.29 is 33.4 Å². The van der Waals surface area contributed by atoms with Gasteiger partial charge < -0.3 is 35.9 Å². The van der Waals surface area contributed by atoms with Crippen LogP contribution in [-0.2, 0) is 9.53 Å². The molecule has 3 amide bonds. The number of rotatable bonds is 13. The number of hydrogen-bond donors (Lipinski definition) is 4. The van der Waals surface area contributed by atoms with E-state index in [9.17, 15) is 19.2 Å². The molecule has 0 aromatic heterocycles. The maximum Gasteiger partial charge on any atom is 0.338 e. The van der Waals surface area contributed by atoms with Gasteiger partial charge in [-0.2, -0.15) is 0 Å². The highest BCUT2D eigenvalue weighted by Gasteiger charge is 2.55. The van der Waals surface area contributed by atoms with Gasteiger partial charge in [-0.15, -0.1) is 6.58 Å². The van der Waals surface area contributed by atoms with E-state index in [1.54, 1.807) is 95.3 Å². The normalized spacial score (nSPS) is 16.7. The van der Waals surface area contributed by atoms with Gasteiger partial charge in [-0.25, -0.2) is 4.79 Å². The highest BCUT2D eigenvalue weighted by atomic mass is 16.6. The van der Waals surface area contributed by atoms with E-state index in [2.05, 4.69) is 29.1 Å². The summed E-state index contributed by atoms with van der Waals surface area (Å²) in [6.45, 7) is 16.4. The molecule has 0 bridgehead atoms. The van der Waals surface area contributed by atoms with Crippen molar-refractivity contribution >= 4 is 40.8 Å². The molecular formula is C37H42N4O7. The maximum absolute atomic E-state index is 13.5. The predicted molar refractivity (Wildman–Crippen MR) is 186 cm³/mol. The van der Waals surface area contributed by atoms with E-state index in [0.29, 0.717) is 28.9 Å². The van der Waals surface area contributed by atoms with Crippen molar-refractivity contribution in [3.8, 4) is 11.5 Å². The first-order chi connectivity index (χ1) is 22.6. The summed E-state index contributed by atoms with van der Waals surface area (Å²) in [4.78, 5) is 51.8. The van der Waals surface area contributed by atoms with Gasteiger partial charge in [0, 0.05) is 22.9 Å². The number of carbonyl (C=O) groups excluding carboxylic acids is 4. The number of amides is 3. The molecule has 0 spiro atoms. The van der Waals surface area contributed by atoms with Crippen molar-refractivity contribution in [3.63, 3.8) is 0 Å². The molecule has 1 aliphatic carbocycles. The Hall–Kier alpha value is -5.42. The molecule has 0 saturated heterocycles. The monoisotopic (exact) mass is 654 g/mol. The van der Waals surface area contributed by atoms with Crippen LogP contribution >= 0.6 is 0 Å². The Morgan fingerprint density at radius 1 is 0.875 bits per heavy atom. The molecular weight excluding hydrogens is 612 g/mol. The smallest absolute Gasteiger partial charge is 0.338 e. The lowest BCUT2D eigenvalue weighted by molar-refractivity contribution is -0.118. The van der Waals surface area contributed by atoms with E-state index in [-0.39, 0.29) is 47.3 Å². The van der Waals surface area contributed by atoms with Gasteiger partial charge in [0.15, 0.2) is 11.5 Å². The minimum absolute atomic E-state index is 0.0571. The molecule has 0 radical (unpaired) electrons. The third-order valence-corrected chi connectivity index (χ3v) is 7.25. The fourth-order valence-electron chi connectivity index (χ4n) is 4.71. The van der Waals surface area contributed by atoms with Crippen LogP contribution in [0.4, 0.5) is 17.1 Å². The Balaban J connectivity index is 1.54. The maximum atomic E-state index is 13.5. The zero-order valence-electron chi connectivity index (χ0n) is 27.8. The van der Waals surface area contributed by atoms with Gasteiger partial charge in [0.2, 0.25) is 5.91 Å². The molecule has 4 rings (SSSR count). The molecule has 1 aliphatic rings. The number of anilines is 3. The number of ether oxygens (including phenoxy) is 3. The molecule has 1 saturated carbocycles. The zero-order chi connectivity index (χ0) is 35.2. The molecule has 3 aromatic carbocycles. The minimum Gasteiger partial charge on any atom is -0.485 e. The summed E-state index contributed by atoms with van der Waals surface area (Å²) in [5, 5.41) is 8.44. The Morgan fingerprint density at radius 2 is 1.48 bits per heavy atom. The van der Waals surface area contributed by atoms with E-state index >= 15 is 0 Å². The average molecular weight is 655 g/mol. The number of nitrogens with two attached hydrogens (primary N) is 1. The van der Waals surface area contributed by atoms with Gasteiger partial charge >= 0.3 is 5.97 Å². The standard InChI is InChI=1S/C37H42N4O7/c1-8-20-46-30-28(33(43)39-26-16-12-24(13-17-26)34(44)48-36(5,6)7)18-19-29(31(30)47-22(3)4)41-32(42)23-10-14-27(15-11-23)40-35(45)37(38)21-25(37)9-2/h8-19,22,25H,1-2,20-21,38H2,3-7H3,(H,39,43)(H,40,45)(H,41,42)/t25-,37-/m0/s1. The lowest BCUT2D eigenvalue weighted by Gasteiger charge is -2.21. The molecule has 2 atom stereocenters. The zero-order valence-corrected chi connectivity index (χ0v) is 27.8. The second-order valence-corrected chi connectivity index (χ2v) is 12.7. The lowest BCUT2D eigenvalue weighted by Crippen LogP contribution is -2.39. The summed E-state index contributed by atoms with van der Waals surface area (Å²) in [6, 6.07) is 15.7. The largest absolute Gasteiger partial charge is 0.485 e. The van der Waals surface area contributed by atoms with Crippen LogP contribution in [-0.4, -0.2) is 47.5 Å². The van der Waals surface area contributed by atoms with Gasteiger partial charge in [0.25, 0.3) is 11.8 Å². The first-order valence-corrected chi connectivity index (χ1v) is 15.5. The van der Waals surface area contributed by atoms with Crippen molar-refractivity contribution in [2.24, 2.45) is 11.7 Å². The molecule has 0 heterocycles. The topological polar surface area (TPSA) is 158 Å². The van der Waals surface area contributed by atoms with Gasteiger partial charge in [0.05, 0.1) is 22.9 Å². The first kappa shape index (κ1) is 35.4. The van der Waals surface area contributed by atoms with Crippen LogP contribution in [0.2, 0.25) is 0 Å². The summed E-state index contributed by atoms with van der Waals surface area (Å²) >= 11 is 0. The molecule has 3 aromatic rings. The Bertz CT molecular complexity index is 1710.